The van der Waals surface area contributed by atoms with Crippen LogP contribution in [0.1, 0.15) is 9.60 Å². The standard InChI is InChI=1S/C54H34N2S/c1-3-12-35(13-4-1)37-22-27-41(28-23-37)55-48-29-24-38(36-14-5-2-6-15-36)32-45(48)46-34-40(25-30-49(46)55)39-26-31-50-44(33-39)42-16-7-9-18-47(42)56(50)51-19-11-21-53-54(51)43-17-8-10-20-52(43)57-53/h1-34H/i7D,9D,16D,18D,26D,31D,33D. The fourth-order valence-corrected chi connectivity index (χ4v) is 9.67. The molecule has 0 fully saturated rings. The topological polar surface area (TPSA) is 9.86 Å². The number of para-hydroxylation sites is 1. The highest BCUT2D eigenvalue weighted by atomic mass is 32.1. The van der Waals surface area contributed by atoms with Crippen LogP contribution >= 0.6 is 11.3 Å². The van der Waals surface area contributed by atoms with E-state index >= 15 is 0 Å². The van der Waals surface area contributed by atoms with E-state index in [2.05, 4.69) is 71.3 Å². The van der Waals surface area contributed by atoms with Crippen LogP contribution in [0, 0.1) is 0 Å². The molecule has 0 aliphatic carbocycles. The van der Waals surface area contributed by atoms with Crippen molar-refractivity contribution in [1.82, 2.24) is 9.13 Å². The third-order valence-electron chi connectivity index (χ3n) is 11.2. The SMILES string of the molecule is [2H]c1c([2H])c([2H])c2c(c1[2H])c1c([2H])c(-c3ccc4c(c3)c3cc(-c5ccccc5)ccc3n4-c3ccc(-c4ccccc4)cc3)c([2H])c([2H])c1n2-c1cccc2sc3ccccc3c12. The third-order valence-corrected chi connectivity index (χ3v) is 12.3. The molecular formula is C54H34N2S. The van der Waals surface area contributed by atoms with Gasteiger partial charge in [-0.15, -0.1) is 11.3 Å². The Morgan fingerprint density at radius 3 is 1.72 bits per heavy atom. The van der Waals surface area contributed by atoms with Crippen LogP contribution in [0.3, 0.4) is 0 Å². The monoisotopic (exact) mass is 749 g/mol. The summed E-state index contributed by atoms with van der Waals surface area (Å²) in [4.78, 5) is 0. The second-order valence-corrected chi connectivity index (χ2v) is 15.4. The van der Waals surface area contributed by atoms with Crippen molar-refractivity contribution in [2.45, 2.75) is 0 Å². The maximum absolute atomic E-state index is 10.0. The van der Waals surface area contributed by atoms with Crippen LogP contribution in [-0.4, -0.2) is 9.13 Å². The third kappa shape index (κ3) is 5.03. The largest absolute Gasteiger partial charge is 0.309 e. The second kappa shape index (κ2) is 12.7. The van der Waals surface area contributed by atoms with Crippen molar-refractivity contribution in [3.05, 3.63) is 206 Å². The Kier molecular flexibility index (Phi) is 5.74. The molecule has 0 aliphatic rings. The highest BCUT2D eigenvalue weighted by Gasteiger charge is 2.19. The lowest BCUT2D eigenvalue weighted by molar-refractivity contribution is 1.18. The van der Waals surface area contributed by atoms with Gasteiger partial charge in [-0.25, -0.2) is 0 Å². The van der Waals surface area contributed by atoms with E-state index in [1.807, 2.05) is 97.1 Å². The minimum atomic E-state index is -0.418. The molecule has 0 N–H and O–H groups in total. The van der Waals surface area contributed by atoms with Crippen LogP contribution < -0.4 is 0 Å². The maximum Gasteiger partial charge on any atom is 0.0645 e. The summed E-state index contributed by atoms with van der Waals surface area (Å²) < 4.78 is 71.6. The number of hydrogen-bond acceptors (Lipinski definition) is 1. The summed E-state index contributed by atoms with van der Waals surface area (Å²) in [6, 6.07) is 53.5. The summed E-state index contributed by atoms with van der Waals surface area (Å²) in [6.45, 7) is 0. The molecule has 12 aromatic rings. The molecule has 3 heterocycles. The van der Waals surface area contributed by atoms with Gasteiger partial charge in [-0.05, 0) is 106 Å². The average Bonchev–Trinajstić information content (AvgIpc) is 4.01. The van der Waals surface area contributed by atoms with Gasteiger partial charge in [-0.1, -0.05) is 133 Å². The van der Waals surface area contributed by atoms with Crippen molar-refractivity contribution in [2.75, 3.05) is 0 Å². The molecule has 0 bridgehead atoms. The van der Waals surface area contributed by atoms with E-state index < -0.39 is 12.1 Å². The summed E-state index contributed by atoms with van der Waals surface area (Å²) in [5.74, 6) is 0. The highest BCUT2D eigenvalue weighted by Crippen LogP contribution is 2.43. The number of fused-ring (bicyclic) bond motifs is 9. The first kappa shape index (κ1) is 25.8. The molecule has 0 spiro atoms. The summed E-state index contributed by atoms with van der Waals surface area (Å²) in [5, 5.41) is 4.11. The van der Waals surface area contributed by atoms with Crippen LogP contribution in [0.5, 0.6) is 0 Å². The van der Waals surface area contributed by atoms with Gasteiger partial charge in [0.2, 0.25) is 0 Å². The maximum atomic E-state index is 10.0. The van der Waals surface area contributed by atoms with Crippen molar-refractivity contribution in [3.8, 4) is 44.8 Å². The molecule has 0 radical (unpaired) electrons. The van der Waals surface area contributed by atoms with Gasteiger partial charge in [0.15, 0.2) is 0 Å². The van der Waals surface area contributed by atoms with E-state index in [0.717, 1.165) is 69.9 Å². The molecule has 0 unspecified atom stereocenters. The summed E-state index contributed by atoms with van der Waals surface area (Å²) >= 11 is 1.62. The molecule has 0 atom stereocenters. The Hall–Kier alpha value is -7.20. The van der Waals surface area contributed by atoms with Crippen molar-refractivity contribution < 1.29 is 9.60 Å². The van der Waals surface area contributed by atoms with Gasteiger partial charge >= 0.3 is 0 Å². The van der Waals surface area contributed by atoms with Gasteiger partial charge in [-0.2, -0.15) is 0 Å². The number of hydrogen-bond donors (Lipinski definition) is 0. The van der Waals surface area contributed by atoms with Crippen LogP contribution in [0.2, 0.25) is 0 Å². The van der Waals surface area contributed by atoms with Gasteiger partial charge in [0.1, 0.15) is 0 Å². The quantitative estimate of drug-likeness (QED) is 0.166. The van der Waals surface area contributed by atoms with Gasteiger partial charge in [0.25, 0.3) is 0 Å². The molecule has 0 aliphatic heterocycles. The number of rotatable bonds is 5. The Morgan fingerprint density at radius 2 is 0.965 bits per heavy atom. The van der Waals surface area contributed by atoms with E-state index in [9.17, 15) is 6.85 Å². The average molecular weight is 750 g/mol. The molecule has 266 valence electrons. The fourth-order valence-electron chi connectivity index (χ4n) is 8.54. The highest BCUT2D eigenvalue weighted by molar-refractivity contribution is 7.25. The predicted octanol–water partition coefficient (Wildman–Crippen LogP) is 15.2. The Morgan fingerprint density at radius 1 is 0.368 bits per heavy atom. The molecule has 0 saturated heterocycles. The van der Waals surface area contributed by atoms with Crippen LogP contribution in [0.4, 0.5) is 0 Å². The van der Waals surface area contributed by atoms with Crippen LogP contribution in [0.15, 0.2) is 206 Å². The zero-order valence-corrected chi connectivity index (χ0v) is 31.2. The van der Waals surface area contributed by atoms with Crippen LogP contribution in [-0.2, 0) is 0 Å². The number of aromatic nitrogens is 2. The zero-order valence-electron chi connectivity index (χ0n) is 37.4. The normalized spacial score (nSPS) is 13.6. The van der Waals surface area contributed by atoms with E-state index in [0.29, 0.717) is 11.3 Å². The van der Waals surface area contributed by atoms with E-state index in [1.165, 1.54) is 0 Å². The lowest BCUT2D eigenvalue weighted by atomic mass is 9.99. The summed E-state index contributed by atoms with van der Waals surface area (Å²) in [5.41, 5.74) is 9.05. The number of benzene rings is 9. The van der Waals surface area contributed by atoms with Gasteiger partial charge < -0.3 is 9.13 Å². The van der Waals surface area contributed by atoms with Gasteiger partial charge in [0.05, 0.1) is 37.3 Å². The predicted molar refractivity (Wildman–Crippen MR) is 244 cm³/mol. The van der Waals surface area contributed by atoms with Crippen LogP contribution in [0.25, 0.3) is 109 Å². The summed E-state index contributed by atoms with van der Waals surface area (Å²) in [6.07, 6.45) is 0. The molecule has 0 amide bonds. The van der Waals surface area contributed by atoms with E-state index in [4.69, 9.17) is 2.74 Å². The molecule has 2 nitrogen and oxygen atoms in total. The first-order valence-electron chi connectivity index (χ1n) is 22.4. The summed E-state index contributed by atoms with van der Waals surface area (Å²) in [7, 11) is 0. The second-order valence-electron chi connectivity index (χ2n) is 14.4. The van der Waals surface area contributed by atoms with Crippen molar-refractivity contribution in [1.29, 1.82) is 0 Å². The van der Waals surface area contributed by atoms with Crippen molar-refractivity contribution in [2.24, 2.45) is 0 Å². The zero-order chi connectivity index (χ0) is 43.5. The Labute approximate surface area is 343 Å². The minimum Gasteiger partial charge on any atom is -0.309 e. The molecule has 3 heteroatoms. The molecule has 0 saturated carbocycles. The minimum absolute atomic E-state index is 0.0725. The molecular weight excluding hydrogens is 709 g/mol. The number of nitrogens with zero attached hydrogens (tertiary/aromatic N) is 2. The molecule has 9 aromatic carbocycles. The first-order valence-corrected chi connectivity index (χ1v) is 19.8. The molecule has 3 aromatic heterocycles. The van der Waals surface area contributed by atoms with Crippen molar-refractivity contribution in [3.63, 3.8) is 0 Å². The van der Waals surface area contributed by atoms with Crippen molar-refractivity contribution >= 4 is 75.1 Å². The van der Waals surface area contributed by atoms with E-state index in [-0.39, 0.29) is 57.6 Å². The molecule has 57 heavy (non-hydrogen) atoms. The fraction of sp³-hybridized carbons (Fsp3) is 0. The van der Waals surface area contributed by atoms with Gasteiger partial charge in [-0.3, -0.25) is 0 Å². The first-order chi connectivity index (χ1) is 31.2. The lowest BCUT2D eigenvalue weighted by Crippen LogP contribution is -1.94. The van der Waals surface area contributed by atoms with Gasteiger partial charge in [0, 0.05) is 47.4 Å². The number of thiophene rings is 1. The Balaban J connectivity index is 1.14. The Bertz CT molecular complexity index is 3910. The molecule has 12 rings (SSSR count). The lowest BCUT2D eigenvalue weighted by Gasteiger charge is -2.11. The smallest absolute Gasteiger partial charge is 0.0645 e. The van der Waals surface area contributed by atoms with E-state index in [1.54, 1.807) is 15.9 Å².